The fourth-order valence-electron chi connectivity index (χ4n) is 3.84. The van der Waals surface area contributed by atoms with Crippen LogP contribution in [0.2, 0.25) is 0 Å². The lowest BCUT2D eigenvalue weighted by Crippen LogP contribution is -2.36. The highest BCUT2D eigenvalue weighted by Gasteiger charge is 2.34. The number of halogens is 1. The van der Waals surface area contributed by atoms with Gasteiger partial charge in [0, 0.05) is 18.0 Å². The minimum Gasteiger partial charge on any atom is -0.459 e. The van der Waals surface area contributed by atoms with E-state index in [1.807, 2.05) is 32.9 Å². The van der Waals surface area contributed by atoms with E-state index in [9.17, 15) is 9.50 Å². The summed E-state index contributed by atoms with van der Waals surface area (Å²) in [7, 11) is 0. The molecule has 0 aliphatic carbocycles. The van der Waals surface area contributed by atoms with Crippen molar-refractivity contribution in [2.75, 3.05) is 0 Å². The van der Waals surface area contributed by atoms with Crippen molar-refractivity contribution < 1.29 is 13.9 Å². The largest absolute Gasteiger partial charge is 0.459 e. The second-order valence-corrected chi connectivity index (χ2v) is 7.82. The van der Waals surface area contributed by atoms with Gasteiger partial charge in [-0.05, 0) is 61.1 Å². The smallest absolute Gasteiger partial charge is 0.152 e. The van der Waals surface area contributed by atoms with E-state index < -0.39 is 5.60 Å². The lowest BCUT2D eigenvalue weighted by atomic mass is 9.73. The van der Waals surface area contributed by atoms with Gasteiger partial charge in [0.1, 0.15) is 11.6 Å². The maximum Gasteiger partial charge on any atom is 0.152 e. The summed E-state index contributed by atoms with van der Waals surface area (Å²) in [5.41, 5.74) is 1.31. The van der Waals surface area contributed by atoms with E-state index >= 15 is 0 Å². The van der Waals surface area contributed by atoms with Crippen LogP contribution in [0.4, 0.5) is 4.39 Å². The maximum absolute atomic E-state index is 13.7. The normalized spacial score (nSPS) is 14.6. The van der Waals surface area contributed by atoms with Gasteiger partial charge in [-0.15, -0.1) is 0 Å². The van der Waals surface area contributed by atoms with Crippen LogP contribution in [0, 0.1) is 12.7 Å². The van der Waals surface area contributed by atoms with Gasteiger partial charge in [0.25, 0.3) is 0 Å². The molecule has 0 saturated heterocycles. The number of fused-ring (bicyclic) bond motifs is 1. The standard InChI is InChI=1S/C21H24FNO2/c1-14-5-6-16(22)10-18(14)20(2,3)13-21(4,24)11-17-9-15-7-8-23-12-19(15)25-17/h5-10,12,24H,11,13H2,1-4H3. The van der Waals surface area contributed by atoms with Crippen LogP contribution in [-0.2, 0) is 11.8 Å². The summed E-state index contributed by atoms with van der Waals surface area (Å²) in [5, 5.41) is 12.0. The number of aromatic nitrogens is 1. The Balaban J connectivity index is 1.83. The molecule has 1 N–H and O–H groups in total. The molecule has 2 aromatic heterocycles. The first-order valence-electron chi connectivity index (χ1n) is 8.48. The molecule has 0 saturated carbocycles. The summed E-state index contributed by atoms with van der Waals surface area (Å²) in [6.07, 6.45) is 4.27. The number of hydrogen-bond acceptors (Lipinski definition) is 3. The third-order valence-electron chi connectivity index (χ3n) is 4.68. The highest BCUT2D eigenvalue weighted by Crippen LogP contribution is 2.36. The Bertz CT molecular complexity index is 863. The number of aryl methyl sites for hydroxylation is 1. The Hall–Kier alpha value is -2.20. The van der Waals surface area contributed by atoms with E-state index in [0.717, 1.165) is 22.3 Å². The molecule has 1 aromatic carbocycles. The van der Waals surface area contributed by atoms with Gasteiger partial charge in [-0.1, -0.05) is 19.9 Å². The minimum absolute atomic E-state index is 0.252. The molecule has 25 heavy (non-hydrogen) atoms. The quantitative estimate of drug-likeness (QED) is 0.715. The second kappa shape index (κ2) is 6.26. The number of benzene rings is 1. The van der Waals surface area contributed by atoms with Crippen molar-refractivity contribution in [2.45, 2.75) is 51.6 Å². The molecule has 0 aliphatic heterocycles. The Labute approximate surface area is 147 Å². The van der Waals surface area contributed by atoms with Crippen LogP contribution in [0.1, 0.15) is 44.1 Å². The number of hydrogen-bond donors (Lipinski definition) is 1. The second-order valence-electron chi connectivity index (χ2n) is 7.82. The van der Waals surface area contributed by atoms with E-state index in [1.54, 1.807) is 31.5 Å². The summed E-state index contributed by atoms with van der Waals surface area (Å²) in [4.78, 5) is 4.05. The number of nitrogens with zero attached hydrogens (tertiary/aromatic N) is 1. The molecule has 132 valence electrons. The first-order valence-corrected chi connectivity index (χ1v) is 8.48. The Morgan fingerprint density at radius 1 is 1.16 bits per heavy atom. The molecular weight excluding hydrogens is 317 g/mol. The van der Waals surface area contributed by atoms with Crippen molar-refractivity contribution in [1.29, 1.82) is 0 Å². The van der Waals surface area contributed by atoms with Crippen LogP contribution in [0.3, 0.4) is 0 Å². The summed E-state index contributed by atoms with van der Waals surface area (Å²) in [6.45, 7) is 7.84. The van der Waals surface area contributed by atoms with Gasteiger partial charge >= 0.3 is 0 Å². The molecular formula is C21H24FNO2. The number of rotatable bonds is 5. The monoisotopic (exact) mass is 341 g/mol. The van der Waals surface area contributed by atoms with Gasteiger partial charge in [-0.3, -0.25) is 4.98 Å². The molecule has 3 nitrogen and oxygen atoms in total. The SMILES string of the molecule is Cc1ccc(F)cc1C(C)(C)CC(C)(O)Cc1cc2ccncc2o1. The molecule has 0 amide bonds. The zero-order valence-corrected chi connectivity index (χ0v) is 15.1. The minimum atomic E-state index is -0.983. The highest BCUT2D eigenvalue weighted by molar-refractivity contribution is 5.76. The lowest BCUT2D eigenvalue weighted by Gasteiger charge is -2.35. The van der Waals surface area contributed by atoms with Crippen molar-refractivity contribution in [3.05, 3.63) is 65.4 Å². The highest BCUT2D eigenvalue weighted by atomic mass is 19.1. The molecule has 0 aliphatic rings. The third kappa shape index (κ3) is 3.90. The molecule has 1 unspecified atom stereocenters. The molecule has 2 heterocycles. The molecule has 0 radical (unpaired) electrons. The number of pyridine rings is 1. The molecule has 4 heteroatoms. The number of furan rings is 1. The molecule has 0 fully saturated rings. The van der Waals surface area contributed by atoms with Gasteiger partial charge < -0.3 is 9.52 Å². The zero-order valence-electron chi connectivity index (χ0n) is 15.1. The van der Waals surface area contributed by atoms with E-state index in [-0.39, 0.29) is 11.2 Å². The van der Waals surface area contributed by atoms with Crippen molar-refractivity contribution in [3.8, 4) is 0 Å². The predicted molar refractivity (Wildman–Crippen MR) is 97.1 cm³/mol. The van der Waals surface area contributed by atoms with Gasteiger partial charge in [-0.25, -0.2) is 4.39 Å². The van der Waals surface area contributed by atoms with E-state index in [4.69, 9.17) is 4.42 Å². The van der Waals surface area contributed by atoms with E-state index in [2.05, 4.69) is 4.98 Å². The van der Waals surface area contributed by atoms with Crippen LogP contribution < -0.4 is 0 Å². The van der Waals surface area contributed by atoms with Crippen molar-refractivity contribution in [1.82, 2.24) is 4.98 Å². The Kier molecular flexibility index (Phi) is 4.41. The Morgan fingerprint density at radius 3 is 2.64 bits per heavy atom. The summed E-state index contributed by atoms with van der Waals surface area (Å²) < 4.78 is 19.5. The third-order valence-corrected chi connectivity index (χ3v) is 4.68. The zero-order chi connectivity index (χ0) is 18.2. The first-order chi connectivity index (χ1) is 11.7. The van der Waals surface area contributed by atoms with Gasteiger partial charge in [-0.2, -0.15) is 0 Å². The predicted octanol–water partition coefficient (Wildman–Crippen LogP) is 4.94. The summed E-state index contributed by atoms with van der Waals surface area (Å²) in [6, 6.07) is 8.64. The van der Waals surface area contributed by atoms with E-state index in [0.29, 0.717) is 18.4 Å². The Morgan fingerprint density at radius 2 is 1.92 bits per heavy atom. The average molecular weight is 341 g/mol. The van der Waals surface area contributed by atoms with Crippen LogP contribution in [-0.4, -0.2) is 15.7 Å². The fraction of sp³-hybridized carbons (Fsp3) is 0.381. The average Bonchev–Trinajstić information content (AvgIpc) is 2.89. The van der Waals surface area contributed by atoms with Gasteiger partial charge in [0.15, 0.2) is 5.58 Å². The van der Waals surface area contributed by atoms with Crippen LogP contribution in [0.25, 0.3) is 11.0 Å². The van der Waals surface area contributed by atoms with Crippen LogP contribution in [0.5, 0.6) is 0 Å². The number of aliphatic hydroxyl groups is 1. The van der Waals surface area contributed by atoms with Crippen LogP contribution >= 0.6 is 0 Å². The van der Waals surface area contributed by atoms with E-state index in [1.165, 1.54) is 6.07 Å². The fourth-order valence-corrected chi connectivity index (χ4v) is 3.84. The molecule has 1 atom stereocenters. The van der Waals surface area contributed by atoms with Crippen molar-refractivity contribution in [3.63, 3.8) is 0 Å². The van der Waals surface area contributed by atoms with Gasteiger partial charge in [0.2, 0.25) is 0 Å². The first kappa shape index (κ1) is 17.6. The van der Waals surface area contributed by atoms with Crippen molar-refractivity contribution >= 4 is 11.0 Å². The summed E-state index contributed by atoms with van der Waals surface area (Å²) >= 11 is 0. The molecule has 0 spiro atoms. The lowest BCUT2D eigenvalue weighted by molar-refractivity contribution is 0.0273. The van der Waals surface area contributed by atoms with Crippen molar-refractivity contribution in [2.24, 2.45) is 0 Å². The van der Waals surface area contributed by atoms with Crippen LogP contribution in [0.15, 0.2) is 47.1 Å². The topological polar surface area (TPSA) is 46.3 Å². The van der Waals surface area contributed by atoms with Gasteiger partial charge in [0.05, 0.1) is 11.8 Å². The molecule has 0 bridgehead atoms. The molecule has 3 aromatic rings. The maximum atomic E-state index is 13.7. The molecule has 3 rings (SSSR count). The summed E-state index contributed by atoms with van der Waals surface area (Å²) in [5.74, 6) is 0.470.